The van der Waals surface area contributed by atoms with Gasteiger partial charge in [0.25, 0.3) is 0 Å². The molecule has 0 unspecified atom stereocenters. The molecule has 26 heavy (non-hydrogen) atoms. The quantitative estimate of drug-likeness (QED) is 0.729. The van der Waals surface area contributed by atoms with Crippen molar-refractivity contribution in [3.05, 3.63) is 47.9 Å². The Labute approximate surface area is 152 Å². The maximum atomic E-state index is 9.63. The first-order chi connectivity index (χ1) is 12.5. The van der Waals surface area contributed by atoms with E-state index >= 15 is 0 Å². The molecule has 0 aliphatic carbocycles. The Morgan fingerprint density at radius 3 is 2.92 bits per heavy atom. The maximum absolute atomic E-state index is 9.63. The molecular formula is C19H24N2O5. The van der Waals surface area contributed by atoms with Crippen molar-refractivity contribution in [2.24, 2.45) is 0 Å². The van der Waals surface area contributed by atoms with E-state index in [-0.39, 0.29) is 12.7 Å². The Morgan fingerprint density at radius 2 is 2.15 bits per heavy atom. The predicted octanol–water partition coefficient (Wildman–Crippen LogP) is 2.02. The minimum Gasteiger partial charge on any atom is -0.394 e. The van der Waals surface area contributed by atoms with E-state index in [1.807, 2.05) is 38.1 Å². The van der Waals surface area contributed by atoms with Crippen LogP contribution < -0.4 is 0 Å². The number of benzene rings is 1. The molecule has 2 heterocycles. The topological polar surface area (TPSA) is 97.8 Å². The van der Waals surface area contributed by atoms with Gasteiger partial charge in [0.15, 0.2) is 6.29 Å². The van der Waals surface area contributed by atoms with E-state index in [9.17, 15) is 10.2 Å². The monoisotopic (exact) mass is 360 g/mol. The summed E-state index contributed by atoms with van der Waals surface area (Å²) < 4.78 is 16.6. The smallest absolute Gasteiger partial charge is 0.227 e. The molecule has 1 aliphatic heterocycles. The van der Waals surface area contributed by atoms with Gasteiger partial charge in [-0.25, -0.2) is 0 Å². The molecule has 0 bridgehead atoms. The molecule has 0 fully saturated rings. The van der Waals surface area contributed by atoms with Crippen LogP contribution in [-0.4, -0.2) is 51.6 Å². The molecule has 0 saturated heterocycles. The lowest BCUT2D eigenvalue weighted by Crippen LogP contribution is -2.39. The van der Waals surface area contributed by atoms with E-state index in [1.165, 1.54) is 0 Å². The zero-order chi connectivity index (χ0) is 18.5. The van der Waals surface area contributed by atoms with Crippen molar-refractivity contribution in [2.75, 3.05) is 6.61 Å². The summed E-state index contributed by atoms with van der Waals surface area (Å²) in [6.07, 6.45) is 2.31. The summed E-state index contributed by atoms with van der Waals surface area (Å²) in [6.45, 7) is 3.68. The van der Waals surface area contributed by atoms with Crippen molar-refractivity contribution in [3.63, 3.8) is 0 Å². The van der Waals surface area contributed by atoms with Gasteiger partial charge >= 0.3 is 0 Å². The van der Waals surface area contributed by atoms with Crippen molar-refractivity contribution in [1.82, 2.24) is 10.1 Å². The second kappa shape index (κ2) is 8.55. The van der Waals surface area contributed by atoms with Crippen LogP contribution in [0.1, 0.15) is 24.8 Å². The van der Waals surface area contributed by atoms with Gasteiger partial charge in [-0.05, 0) is 32.4 Å². The van der Waals surface area contributed by atoms with Crippen LogP contribution in [0.5, 0.6) is 0 Å². The van der Waals surface area contributed by atoms with Crippen molar-refractivity contribution >= 4 is 0 Å². The van der Waals surface area contributed by atoms with Crippen LogP contribution in [-0.2, 0) is 15.9 Å². The third kappa shape index (κ3) is 4.76. The van der Waals surface area contributed by atoms with Gasteiger partial charge in [-0.15, -0.1) is 0 Å². The minimum atomic E-state index is -0.811. The molecule has 4 atom stereocenters. The van der Waals surface area contributed by atoms with Crippen molar-refractivity contribution in [3.8, 4) is 11.4 Å². The highest BCUT2D eigenvalue weighted by atomic mass is 16.7. The first-order valence-corrected chi connectivity index (χ1v) is 8.73. The molecule has 2 N–H and O–H groups in total. The van der Waals surface area contributed by atoms with E-state index in [0.717, 1.165) is 11.1 Å². The average molecular weight is 360 g/mol. The molecule has 0 saturated carbocycles. The number of rotatable bonds is 7. The minimum absolute atomic E-state index is 0.117. The van der Waals surface area contributed by atoms with Gasteiger partial charge < -0.3 is 24.2 Å². The lowest BCUT2D eigenvalue weighted by molar-refractivity contribution is -0.196. The summed E-state index contributed by atoms with van der Waals surface area (Å²) in [5, 5.41) is 22.8. The average Bonchev–Trinajstić information content (AvgIpc) is 3.11. The molecular weight excluding hydrogens is 336 g/mol. The fourth-order valence-electron chi connectivity index (χ4n) is 2.74. The summed E-state index contributed by atoms with van der Waals surface area (Å²) >= 11 is 0. The van der Waals surface area contributed by atoms with Gasteiger partial charge in [0.2, 0.25) is 11.7 Å². The van der Waals surface area contributed by atoms with Crippen LogP contribution in [0.15, 0.2) is 40.9 Å². The van der Waals surface area contributed by atoms with Crippen LogP contribution in [0.25, 0.3) is 11.4 Å². The zero-order valence-corrected chi connectivity index (χ0v) is 14.9. The van der Waals surface area contributed by atoms with Crippen LogP contribution >= 0.6 is 0 Å². The van der Waals surface area contributed by atoms with Crippen LogP contribution in [0, 0.1) is 6.92 Å². The molecule has 7 heteroatoms. The fraction of sp³-hybridized carbons (Fsp3) is 0.474. The van der Waals surface area contributed by atoms with E-state index in [4.69, 9.17) is 14.0 Å². The second-order valence-corrected chi connectivity index (χ2v) is 6.47. The van der Waals surface area contributed by atoms with Crippen molar-refractivity contribution in [1.29, 1.82) is 0 Å². The highest BCUT2D eigenvalue weighted by Crippen LogP contribution is 2.19. The highest BCUT2D eigenvalue weighted by Gasteiger charge is 2.26. The van der Waals surface area contributed by atoms with Gasteiger partial charge in [0, 0.05) is 12.0 Å². The molecule has 3 rings (SSSR count). The number of aliphatic hydroxyl groups is 2. The summed E-state index contributed by atoms with van der Waals surface area (Å²) in [6, 6.07) is 7.95. The number of nitrogens with zero attached hydrogens (tertiary/aromatic N) is 2. The van der Waals surface area contributed by atoms with Crippen LogP contribution in [0.3, 0.4) is 0 Å². The number of hydrogen-bond donors (Lipinski definition) is 2. The van der Waals surface area contributed by atoms with E-state index < -0.39 is 18.5 Å². The second-order valence-electron chi connectivity index (χ2n) is 6.47. The van der Waals surface area contributed by atoms with Gasteiger partial charge in [-0.3, -0.25) is 0 Å². The molecule has 7 nitrogen and oxygen atoms in total. The summed E-state index contributed by atoms with van der Waals surface area (Å²) in [5.74, 6) is 1.14. The SMILES string of the molecule is Cc1cccc(-c2noc(CC[C@@H](C)O[C@@H]3C=C[C@H](O)[C@@H](CO)O3)n2)c1. The zero-order valence-electron chi connectivity index (χ0n) is 14.9. The molecule has 1 aliphatic rings. The highest BCUT2D eigenvalue weighted by molar-refractivity contribution is 5.55. The van der Waals surface area contributed by atoms with E-state index in [0.29, 0.717) is 24.6 Å². The first kappa shape index (κ1) is 18.7. The Bertz CT molecular complexity index is 745. The predicted molar refractivity (Wildman–Crippen MR) is 94.2 cm³/mol. The summed E-state index contributed by atoms with van der Waals surface area (Å²) in [7, 11) is 0. The molecule has 0 radical (unpaired) electrons. The summed E-state index contributed by atoms with van der Waals surface area (Å²) in [4.78, 5) is 4.43. The molecule has 1 aromatic heterocycles. The molecule has 1 aromatic carbocycles. The van der Waals surface area contributed by atoms with Gasteiger partial charge in [-0.1, -0.05) is 35.0 Å². The summed E-state index contributed by atoms with van der Waals surface area (Å²) in [5.41, 5.74) is 2.07. The van der Waals surface area contributed by atoms with Gasteiger partial charge in [0.1, 0.15) is 12.2 Å². The van der Waals surface area contributed by atoms with Gasteiger partial charge in [0.05, 0.1) is 12.7 Å². The Morgan fingerprint density at radius 1 is 1.31 bits per heavy atom. The number of hydrogen-bond acceptors (Lipinski definition) is 7. The lowest BCUT2D eigenvalue weighted by Gasteiger charge is -2.29. The van der Waals surface area contributed by atoms with E-state index in [1.54, 1.807) is 12.2 Å². The number of ether oxygens (including phenoxy) is 2. The molecule has 0 amide bonds. The van der Waals surface area contributed by atoms with Crippen molar-refractivity contribution < 1.29 is 24.2 Å². The number of aromatic nitrogens is 2. The molecule has 2 aromatic rings. The first-order valence-electron chi connectivity index (χ1n) is 8.73. The Balaban J connectivity index is 1.51. The van der Waals surface area contributed by atoms with Gasteiger partial charge in [-0.2, -0.15) is 4.98 Å². The fourth-order valence-corrected chi connectivity index (χ4v) is 2.74. The lowest BCUT2D eigenvalue weighted by atomic mass is 10.1. The maximum Gasteiger partial charge on any atom is 0.227 e. The molecule has 0 spiro atoms. The molecule has 140 valence electrons. The Hall–Kier alpha value is -2.06. The Kier molecular flexibility index (Phi) is 6.16. The normalized spacial score (nSPS) is 23.9. The number of aryl methyl sites for hydroxylation is 2. The van der Waals surface area contributed by atoms with Crippen LogP contribution in [0.4, 0.5) is 0 Å². The van der Waals surface area contributed by atoms with Crippen molar-refractivity contribution in [2.45, 2.75) is 51.3 Å². The third-order valence-corrected chi connectivity index (χ3v) is 4.21. The largest absolute Gasteiger partial charge is 0.394 e. The number of aliphatic hydroxyl groups excluding tert-OH is 2. The standard InChI is InChI=1S/C19H24N2O5/c1-12-4-3-5-14(10-12)19-20-17(26-21-19)8-6-13(2)24-18-9-7-15(23)16(11-22)25-18/h3-5,7,9-10,13,15-16,18,22-23H,6,8,11H2,1-2H3/t13-,15+,16-,18+/m1/s1. The van der Waals surface area contributed by atoms with Crippen LogP contribution in [0.2, 0.25) is 0 Å². The van der Waals surface area contributed by atoms with E-state index in [2.05, 4.69) is 10.1 Å². The third-order valence-electron chi connectivity index (χ3n) is 4.21.